The molecule has 0 bridgehead atoms. The molecule has 6 nitrogen and oxygen atoms in total. The van der Waals surface area contributed by atoms with Crippen LogP contribution in [-0.4, -0.2) is 50.0 Å². The van der Waals surface area contributed by atoms with E-state index in [-0.39, 0.29) is 10.5 Å². The molecule has 8 heteroatoms. The van der Waals surface area contributed by atoms with Crippen molar-refractivity contribution in [2.45, 2.75) is 11.3 Å². The number of nitrogens with zero attached hydrogens (tertiary/aromatic N) is 1. The highest BCUT2D eigenvalue weighted by atomic mass is 79.9. The van der Waals surface area contributed by atoms with Gasteiger partial charge in [-0.1, -0.05) is 0 Å². The number of nitrogens with one attached hydrogen (secondary N) is 1. The molecule has 1 aromatic rings. The quantitative estimate of drug-likeness (QED) is 0.841. The lowest BCUT2D eigenvalue weighted by Crippen LogP contribution is -2.34. The third-order valence-corrected chi connectivity index (χ3v) is 5.69. The van der Waals surface area contributed by atoms with Crippen LogP contribution in [0.5, 0.6) is 0 Å². The summed E-state index contributed by atoms with van der Waals surface area (Å²) >= 11 is 3.11. The Morgan fingerprint density at radius 3 is 2.75 bits per heavy atom. The minimum atomic E-state index is -3.65. The van der Waals surface area contributed by atoms with Gasteiger partial charge in [0.1, 0.15) is 0 Å². The Kier molecular flexibility index (Phi) is 4.79. The van der Waals surface area contributed by atoms with E-state index in [1.165, 1.54) is 22.5 Å². The first kappa shape index (κ1) is 15.4. The van der Waals surface area contributed by atoms with E-state index in [1.54, 1.807) is 0 Å². The Morgan fingerprint density at radius 1 is 1.30 bits per heavy atom. The first-order valence-electron chi connectivity index (χ1n) is 6.16. The first-order valence-corrected chi connectivity index (χ1v) is 8.40. The van der Waals surface area contributed by atoms with Gasteiger partial charge in [0.05, 0.1) is 10.5 Å². The number of carboxylic acid groups (broad SMARTS) is 1. The Balaban J connectivity index is 2.38. The lowest BCUT2D eigenvalue weighted by molar-refractivity contribution is 0.0695. The number of sulfonamides is 1. The van der Waals surface area contributed by atoms with E-state index in [2.05, 4.69) is 21.2 Å². The third-order valence-electron chi connectivity index (χ3n) is 3.11. The first-order chi connectivity index (χ1) is 9.43. The van der Waals surface area contributed by atoms with Gasteiger partial charge in [0.2, 0.25) is 10.0 Å². The summed E-state index contributed by atoms with van der Waals surface area (Å²) < 4.78 is 26.8. The van der Waals surface area contributed by atoms with Crippen LogP contribution in [0.4, 0.5) is 0 Å². The van der Waals surface area contributed by atoms with E-state index in [4.69, 9.17) is 5.11 Å². The van der Waals surface area contributed by atoms with Crippen molar-refractivity contribution in [3.63, 3.8) is 0 Å². The number of rotatable bonds is 3. The van der Waals surface area contributed by atoms with E-state index in [0.717, 1.165) is 13.0 Å². The van der Waals surface area contributed by atoms with Gasteiger partial charge in [-0.3, -0.25) is 0 Å². The molecule has 0 aromatic heterocycles. The van der Waals surface area contributed by atoms with Crippen molar-refractivity contribution in [3.8, 4) is 0 Å². The minimum Gasteiger partial charge on any atom is -0.478 e. The monoisotopic (exact) mass is 362 g/mol. The molecule has 0 unspecified atom stereocenters. The summed E-state index contributed by atoms with van der Waals surface area (Å²) in [6.45, 7) is 2.21. The fraction of sp³-hybridized carbons (Fsp3) is 0.417. The van der Waals surface area contributed by atoms with Gasteiger partial charge in [-0.2, -0.15) is 4.31 Å². The van der Waals surface area contributed by atoms with E-state index in [9.17, 15) is 13.2 Å². The highest BCUT2D eigenvalue weighted by Gasteiger charge is 2.26. The van der Waals surface area contributed by atoms with E-state index in [0.29, 0.717) is 24.1 Å². The molecular formula is C12H15BrN2O4S. The lowest BCUT2D eigenvalue weighted by Gasteiger charge is -2.20. The second-order valence-corrected chi connectivity index (χ2v) is 7.25. The van der Waals surface area contributed by atoms with E-state index < -0.39 is 16.0 Å². The maximum atomic E-state index is 12.5. The maximum absolute atomic E-state index is 12.5. The number of halogens is 1. The molecule has 0 radical (unpaired) electrons. The normalized spacial score (nSPS) is 17.6. The van der Waals surface area contributed by atoms with Crippen LogP contribution in [0.3, 0.4) is 0 Å². The number of hydrogen-bond acceptors (Lipinski definition) is 4. The van der Waals surface area contributed by atoms with Crippen molar-refractivity contribution < 1.29 is 18.3 Å². The molecule has 1 aliphatic heterocycles. The molecule has 1 fully saturated rings. The molecule has 0 aliphatic carbocycles. The zero-order chi connectivity index (χ0) is 14.8. The number of carboxylic acids is 1. The molecule has 0 amide bonds. The molecule has 20 heavy (non-hydrogen) atoms. The number of benzene rings is 1. The summed E-state index contributed by atoms with van der Waals surface area (Å²) in [6.07, 6.45) is 0.738. The molecule has 1 saturated heterocycles. The van der Waals surface area contributed by atoms with Crippen molar-refractivity contribution in [1.29, 1.82) is 0 Å². The average Bonchev–Trinajstić information content (AvgIpc) is 2.67. The van der Waals surface area contributed by atoms with Crippen LogP contribution in [0.15, 0.2) is 27.6 Å². The van der Waals surface area contributed by atoms with Gasteiger partial charge in [0, 0.05) is 24.1 Å². The number of carbonyl (C=O) groups is 1. The third kappa shape index (κ3) is 3.20. The molecule has 110 valence electrons. The van der Waals surface area contributed by atoms with Crippen LogP contribution in [0, 0.1) is 0 Å². The van der Waals surface area contributed by atoms with E-state index >= 15 is 0 Å². The van der Waals surface area contributed by atoms with Gasteiger partial charge in [0.15, 0.2) is 0 Å². The standard InChI is InChI=1S/C12H15BrN2O4S/c13-11-3-2-9(8-10(11)12(16)17)20(18,19)15-6-1-4-14-5-7-15/h2-3,8,14H,1,4-7H2,(H,16,17). The van der Waals surface area contributed by atoms with Crippen molar-refractivity contribution in [2.75, 3.05) is 26.2 Å². The fourth-order valence-corrected chi connectivity index (χ4v) is 3.96. The fourth-order valence-electron chi connectivity index (χ4n) is 2.04. The van der Waals surface area contributed by atoms with Crippen LogP contribution in [0.1, 0.15) is 16.8 Å². The van der Waals surface area contributed by atoms with Gasteiger partial charge in [-0.15, -0.1) is 0 Å². The minimum absolute atomic E-state index is 0.0139. The summed E-state index contributed by atoms with van der Waals surface area (Å²) in [4.78, 5) is 11.1. The summed E-state index contributed by atoms with van der Waals surface area (Å²) in [5.41, 5.74) is -0.0565. The highest BCUT2D eigenvalue weighted by molar-refractivity contribution is 9.10. The van der Waals surface area contributed by atoms with Crippen molar-refractivity contribution in [3.05, 3.63) is 28.2 Å². The summed E-state index contributed by atoms with van der Waals surface area (Å²) in [7, 11) is -3.65. The van der Waals surface area contributed by atoms with E-state index in [1.807, 2.05) is 0 Å². The van der Waals surface area contributed by atoms with Crippen LogP contribution in [-0.2, 0) is 10.0 Å². The Labute approximate surface area is 126 Å². The summed E-state index contributed by atoms with van der Waals surface area (Å²) in [6, 6.07) is 4.07. The van der Waals surface area contributed by atoms with Crippen molar-refractivity contribution in [2.24, 2.45) is 0 Å². The van der Waals surface area contributed by atoms with Crippen LogP contribution in [0.2, 0.25) is 0 Å². The van der Waals surface area contributed by atoms with Gasteiger partial charge >= 0.3 is 5.97 Å². The van der Waals surface area contributed by atoms with Gasteiger partial charge in [-0.05, 0) is 47.1 Å². The molecule has 2 rings (SSSR count). The van der Waals surface area contributed by atoms with Crippen molar-refractivity contribution in [1.82, 2.24) is 9.62 Å². The molecule has 1 heterocycles. The molecule has 0 atom stereocenters. The zero-order valence-corrected chi connectivity index (χ0v) is 13.1. The zero-order valence-electron chi connectivity index (χ0n) is 10.7. The second-order valence-electron chi connectivity index (χ2n) is 4.45. The van der Waals surface area contributed by atoms with Crippen LogP contribution in [0.25, 0.3) is 0 Å². The molecule has 0 saturated carbocycles. The lowest BCUT2D eigenvalue weighted by atomic mass is 10.2. The predicted molar refractivity (Wildman–Crippen MR) is 77.3 cm³/mol. The molecule has 2 N–H and O–H groups in total. The maximum Gasteiger partial charge on any atom is 0.336 e. The van der Waals surface area contributed by atoms with Crippen molar-refractivity contribution >= 4 is 31.9 Å². The molecular weight excluding hydrogens is 348 g/mol. The average molecular weight is 363 g/mol. The van der Waals surface area contributed by atoms with Gasteiger partial charge in [-0.25, -0.2) is 13.2 Å². The topological polar surface area (TPSA) is 86.7 Å². The molecule has 1 aliphatic rings. The van der Waals surface area contributed by atoms with Gasteiger partial charge < -0.3 is 10.4 Å². The Morgan fingerprint density at radius 2 is 2.05 bits per heavy atom. The molecule has 0 spiro atoms. The van der Waals surface area contributed by atoms with Gasteiger partial charge in [0.25, 0.3) is 0 Å². The second kappa shape index (κ2) is 6.21. The van der Waals surface area contributed by atoms with Crippen LogP contribution >= 0.6 is 15.9 Å². The van der Waals surface area contributed by atoms with Crippen LogP contribution < -0.4 is 5.32 Å². The Hall–Kier alpha value is -0.960. The smallest absolute Gasteiger partial charge is 0.336 e. The summed E-state index contributed by atoms with van der Waals surface area (Å²) in [5.74, 6) is -1.16. The predicted octanol–water partition coefficient (Wildman–Crippen LogP) is 1.13. The summed E-state index contributed by atoms with van der Waals surface area (Å²) in [5, 5.41) is 12.2. The number of aromatic carboxylic acids is 1. The number of hydrogen-bond donors (Lipinski definition) is 2. The SMILES string of the molecule is O=C(O)c1cc(S(=O)(=O)N2CCCNCC2)ccc1Br. The Bertz CT molecular complexity index is 610. The largest absolute Gasteiger partial charge is 0.478 e. The molecule has 1 aromatic carbocycles. The highest BCUT2D eigenvalue weighted by Crippen LogP contribution is 2.23.